The molecule has 22 heavy (non-hydrogen) atoms. The fraction of sp³-hybridized carbons (Fsp3) is 0.952. The Morgan fingerprint density at radius 3 is 2.00 bits per heavy atom. The van der Waals surface area contributed by atoms with Gasteiger partial charge in [0.25, 0.3) is 0 Å². The van der Waals surface area contributed by atoms with Crippen LogP contribution in [0, 0.1) is 33.5 Å². The predicted octanol–water partition coefficient (Wildman–Crippen LogP) is 6.63. The Hall–Kier alpha value is -0.510. The van der Waals surface area contributed by atoms with Crippen molar-refractivity contribution in [3.8, 4) is 6.07 Å². The molecule has 4 fully saturated rings. The van der Waals surface area contributed by atoms with E-state index in [1.54, 1.807) is 0 Å². The highest BCUT2D eigenvalue weighted by Gasteiger charge is 2.52. The molecule has 0 spiro atoms. The largest absolute Gasteiger partial charge is 0.198 e. The van der Waals surface area contributed by atoms with Gasteiger partial charge in [0.05, 0.1) is 11.5 Å². The van der Waals surface area contributed by atoms with Crippen LogP contribution in [0.1, 0.15) is 104 Å². The van der Waals surface area contributed by atoms with E-state index >= 15 is 0 Å². The zero-order valence-electron chi connectivity index (χ0n) is 14.9. The van der Waals surface area contributed by atoms with E-state index in [1.807, 2.05) is 0 Å². The number of rotatable bonds is 5. The van der Waals surface area contributed by atoms with Gasteiger partial charge in [-0.15, -0.1) is 0 Å². The van der Waals surface area contributed by atoms with Crippen molar-refractivity contribution in [3.63, 3.8) is 0 Å². The van der Waals surface area contributed by atoms with Crippen LogP contribution in [0.2, 0.25) is 0 Å². The number of hydrogen-bond donors (Lipinski definition) is 0. The Bertz CT molecular complexity index is 397. The smallest absolute Gasteiger partial charge is 0.0686 e. The molecule has 0 heterocycles. The molecule has 4 aliphatic rings. The van der Waals surface area contributed by atoms with Crippen LogP contribution in [0.3, 0.4) is 0 Å². The maximum Gasteiger partial charge on any atom is 0.0686 e. The van der Waals surface area contributed by atoms with Crippen molar-refractivity contribution < 1.29 is 0 Å². The summed E-state index contributed by atoms with van der Waals surface area (Å²) in [7, 11) is 0. The summed E-state index contributed by atoms with van der Waals surface area (Å²) in [4.78, 5) is 0. The molecule has 0 N–H and O–H groups in total. The van der Waals surface area contributed by atoms with Gasteiger partial charge < -0.3 is 0 Å². The molecule has 0 saturated heterocycles. The normalized spacial score (nSPS) is 44.7. The van der Waals surface area contributed by atoms with Gasteiger partial charge in [0.2, 0.25) is 0 Å². The lowest BCUT2D eigenvalue weighted by atomic mass is 9.47. The molecule has 0 aromatic heterocycles. The molecule has 1 nitrogen and oxygen atoms in total. The highest BCUT2D eigenvalue weighted by molar-refractivity contribution is 5.06. The summed E-state index contributed by atoms with van der Waals surface area (Å²) in [5.74, 6) is 0.933. The summed E-state index contributed by atoms with van der Waals surface area (Å²) in [6.07, 6.45) is 19.8. The Balaban J connectivity index is 1.57. The third-order valence-electron chi connectivity index (χ3n) is 8.00. The lowest BCUT2D eigenvalue weighted by molar-refractivity contribution is -0.0676. The number of hydrogen-bond acceptors (Lipinski definition) is 1. The molecule has 2 bridgehead atoms. The van der Waals surface area contributed by atoms with E-state index in [9.17, 15) is 5.26 Å². The van der Waals surface area contributed by atoms with Crippen LogP contribution in [0.25, 0.3) is 0 Å². The van der Waals surface area contributed by atoms with Crippen molar-refractivity contribution in [3.05, 3.63) is 0 Å². The van der Waals surface area contributed by atoms with Crippen molar-refractivity contribution in [2.24, 2.45) is 22.2 Å². The second kappa shape index (κ2) is 6.18. The van der Waals surface area contributed by atoms with Gasteiger partial charge in [-0.1, -0.05) is 26.2 Å². The summed E-state index contributed by atoms with van der Waals surface area (Å²) >= 11 is 0. The summed E-state index contributed by atoms with van der Waals surface area (Å²) in [6.45, 7) is 4.50. The van der Waals surface area contributed by atoms with E-state index in [0.717, 1.165) is 24.2 Å². The van der Waals surface area contributed by atoms with E-state index in [-0.39, 0.29) is 5.41 Å². The zero-order valence-corrected chi connectivity index (χ0v) is 14.9. The number of unbranched alkanes of at least 4 members (excludes halogenated alkanes) is 2. The maximum atomic E-state index is 9.36. The van der Waals surface area contributed by atoms with E-state index in [0.29, 0.717) is 5.41 Å². The van der Waals surface area contributed by atoms with Crippen LogP contribution >= 0.6 is 0 Å². The third-order valence-corrected chi connectivity index (χ3v) is 8.00. The molecule has 0 amide bonds. The quantitative estimate of drug-likeness (QED) is 0.523. The average molecular weight is 302 g/mol. The summed E-state index contributed by atoms with van der Waals surface area (Å²) < 4.78 is 0. The van der Waals surface area contributed by atoms with E-state index in [2.05, 4.69) is 19.9 Å². The predicted molar refractivity (Wildman–Crippen MR) is 92.4 cm³/mol. The summed E-state index contributed by atoms with van der Waals surface area (Å²) in [5.41, 5.74) is 1.41. The second-order valence-electron chi connectivity index (χ2n) is 9.27. The fourth-order valence-corrected chi connectivity index (χ4v) is 6.01. The maximum absolute atomic E-state index is 9.36. The molecule has 0 unspecified atom stereocenters. The minimum absolute atomic E-state index is 0.0135. The highest BCUT2D eigenvalue weighted by atomic mass is 14.6. The van der Waals surface area contributed by atoms with Crippen molar-refractivity contribution in [2.75, 3.05) is 0 Å². The van der Waals surface area contributed by atoms with Gasteiger partial charge in [0.15, 0.2) is 0 Å². The first-order chi connectivity index (χ1) is 10.6. The van der Waals surface area contributed by atoms with Crippen LogP contribution < -0.4 is 0 Å². The minimum atomic E-state index is -0.0135. The lowest BCUT2D eigenvalue weighted by Crippen LogP contribution is -2.46. The molecule has 0 aromatic rings. The number of fused-ring (bicyclic) bond motifs is 3. The van der Waals surface area contributed by atoms with Crippen LogP contribution in [-0.2, 0) is 0 Å². The Kier molecular flexibility index (Phi) is 4.59. The first kappa shape index (κ1) is 16.4. The summed E-state index contributed by atoms with van der Waals surface area (Å²) in [5, 5.41) is 9.36. The Labute approximate surface area is 137 Å². The molecule has 4 rings (SSSR count). The second-order valence-corrected chi connectivity index (χ2v) is 9.27. The molecule has 0 aromatic carbocycles. The molecular formula is C21H35N. The molecular weight excluding hydrogens is 266 g/mol. The van der Waals surface area contributed by atoms with Gasteiger partial charge in [-0.05, 0) is 94.3 Å². The minimum Gasteiger partial charge on any atom is -0.198 e. The van der Waals surface area contributed by atoms with Gasteiger partial charge in [-0.3, -0.25) is 0 Å². The highest BCUT2D eigenvalue weighted by Crippen LogP contribution is 2.64. The molecule has 4 saturated carbocycles. The van der Waals surface area contributed by atoms with Crippen molar-refractivity contribution in [1.82, 2.24) is 0 Å². The van der Waals surface area contributed by atoms with Gasteiger partial charge in [0.1, 0.15) is 0 Å². The van der Waals surface area contributed by atoms with Crippen molar-refractivity contribution in [1.29, 1.82) is 5.26 Å². The van der Waals surface area contributed by atoms with Crippen molar-refractivity contribution >= 4 is 0 Å². The van der Waals surface area contributed by atoms with E-state index in [1.165, 1.54) is 77.0 Å². The van der Waals surface area contributed by atoms with Crippen LogP contribution in [0.4, 0.5) is 0 Å². The molecule has 0 aliphatic heterocycles. The van der Waals surface area contributed by atoms with E-state index in [4.69, 9.17) is 0 Å². The van der Waals surface area contributed by atoms with Gasteiger partial charge in [-0.2, -0.15) is 5.26 Å². The average Bonchev–Trinajstić information content (AvgIpc) is 2.57. The standard InChI is InChI=1S/C21H35N/c1-3-4-5-8-20-11-14-21(15-12-20,16-13-20)18-6-9-19(2,17-22)10-7-18/h18H,3-16H2,1-2H3/t18-,19-,20?,21?. The van der Waals surface area contributed by atoms with Crippen LogP contribution in [0.5, 0.6) is 0 Å². The van der Waals surface area contributed by atoms with Crippen molar-refractivity contribution in [2.45, 2.75) is 104 Å². The number of nitrogens with zero attached hydrogens (tertiary/aromatic N) is 1. The molecule has 0 radical (unpaired) electrons. The topological polar surface area (TPSA) is 23.8 Å². The Morgan fingerprint density at radius 2 is 1.50 bits per heavy atom. The lowest BCUT2D eigenvalue weighted by Gasteiger charge is -2.58. The Morgan fingerprint density at radius 1 is 0.909 bits per heavy atom. The molecule has 1 heteroatoms. The van der Waals surface area contributed by atoms with Crippen LogP contribution in [-0.4, -0.2) is 0 Å². The first-order valence-corrected chi connectivity index (χ1v) is 9.97. The summed E-state index contributed by atoms with van der Waals surface area (Å²) in [6, 6.07) is 2.58. The van der Waals surface area contributed by atoms with Gasteiger partial charge in [0, 0.05) is 0 Å². The first-order valence-electron chi connectivity index (χ1n) is 9.97. The monoisotopic (exact) mass is 301 g/mol. The fourth-order valence-electron chi connectivity index (χ4n) is 6.01. The van der Waals surface area contributed by atoms with E-state index < -0.39 is 0 Å². The molecule has 124 valence electrons. The van der Waals surface area contributed by atoms with Gasteiger partial charge >= 0.3 is 0 Å². The van der Waals surface area contributed by atoms with Gasteiger partial charge in [-0.25, -0.2) is 0 Å². The SMILES string of the molecule is CCCCCC12CCC([C@H]3CC[C@](C)(C#N)CC3)(CC1)CC2. The zero-order chi connectivity index (χ0) is 15.7. The third kappa shape index (κ3) is 2.95. The number of nitriles is 1. The molecule has 0 atom stereocenters. The molecule has 4 aliphatic carbocycles. The van der Waals surface area contributed by atoms with Crippen LogP contribution in [0.15, 0.2) is 0 Å².